The van der Waals surface area contributed by atoms with E-state index in [0.29, 0.717) is 0 Å². The van der Waals surface area contributed by atoms with Crippen LogP contribution in [-0.4, -0.2) is 61.5 Å². The molecule has 0 saturated carbocycles. The van der Waals surface area contributed by atoms with Crippen LogP contribution in [0.4, 0.5) is 4.79 Å². The van der Waals surface area contributed by atoms with Crippen molar-refractivity contribution in [3.8, 4) is 0 Å². The molecular weight excluding hydrogens is 474 g/mol. The van der Waals surface area contributed by atoms with Gasteiger partial charge in [0.1, 0.15) is 11.5 Å². The number of ether oxygens (including phenoxy) is 3. The van der Waals surface area contributed by atoms with Crippen molar-refractivity contribution in [3.63, 3.8) is 0 Å². The Balaban J connectivity index is 7.10. The van der Waals surface area contributed by atoms with Crippen LogP contribution in [0.3, 0.4) is 0 Å². The molecule has 0 aromatic rings. The molecule has 0 aromatic carbocycles. The second kappa shape index (κ2) is 11.0. The van der Waals surface area contributed by atoms with E-state index in [1.165, 1.54) is 0 Å². The van der Waals surface area contributed by atoms with Crippen LogP contribution < -0.4 is 5.32 Å². The summed E-state index contributed by atoms with van der Waals surface area (Å²) < 4.78 is 27.2. The summed E-state index contributed by atoms with van der Waals surface area (Å²) in [6.45, 7) is 24.4. The number of hydrogen-bond acceptors (Lipinski definition) is 8. The minimum atomic E-state index is -2.53. The van der Waals surface area contributed by atoms with E-state index in [1.54, 1.807) is 0 Å². The summed E-state index contributed by atoms with van der Waals surface area (Å²) in [5.41, 5.74) is -2.39. The summed E-state index contributed by atoms with van der Waals surface area (Å²) in [6.07, 6.45) is 0.0898. The number of amides is 1. The van der Waals surface area contributed by atoms with Gasteiger partial charge in [-0.3, -0.25) is 5.32 Å². The molecule has 0 rings (SSSR count). The first kappa shape index (κ1) is 31.7. The minimum absolute atomic E-state index is 0.0450. The third-order valence-corrected chi connectivity index (χ3v) is 15.2. The van der Waals surface area contributed by atoms with E-state index in [9.17, 15) is 14.4 Å². The lowest BCUT2D eigenvalue weighted by Crippen LogP contribution is -2.60. The number of rotatable bonds is 9. The summed E-state index contributed by atoms with van der Waals surface area (Å²) in [5, 5.41) is 1.85. The molecule has 1 amide bonds. The SMILES string of the molecule is C=C(O[Si](C)(C)C(C)(C)C)/C(=C\C(NC(=O)OC)(C(=O)OC)C(=O)OC)O[Si](C)(C)C(C)(C)C. The lowest BCUT2D eigenvalue weighted by Gasteiger charge is -2.41. The number of methoxy groups -OCH3 is 3. The highest BCUT2D eigenvalue weighted by Crippen LogP contribution is 2.42. The van der Waals surface area contributed by atoms with Crippen molar-refractivity contribution in [1.29, 1.82) is 0 Å². The quantitative estimate of drug-likeness (QED) is 0.115. The van der Waals surface area contributed by atoms with Crippen LogP contribution in [0, 0.1) is 0 Å². The van der Waals surface area contributed by atoms with Crippen LogP contribution in [0.1, 0.15) is 41.5 Å². The maximum absolute atomic E-state index is 12.9. The van der Waals surface area contributed by atoms with Gasteiger partial charge in [0.05, 0.1) is 21.3 Å². The van der Waals surface area contributed by atoms with Crippen LogP contribution in [-0.2, 0) is 32.7 Å². The predicted octanol–water partition coefficient (Wildman–Crippen LogP) is 4.87. The Morgan fingerprint density at radius 2 is 1.12 bits per heavy atom. The fourth-order valence-corrected chi connectivity index (χ4v) is 4.23. The lowest BCUT2D eigenvalue weighted by atomic mass is 9.98. The molecule has 0 unspecified atom stereocenters. The number of carbonyl (C=O) groups excluding carboxylic acids is 3. The molecule has 11 heteroatoms. The van der Waals surface area contributed by atoms with E-state index in [0.717, 1.165) is 27.4 Å². The molecular formula is C23H43NO8Si2. The topological polar surface area (TPSA) is 109 Å². The normalized spacial score (nSPS) is 13.5. The van der Waals surface area contributed by atoms with E-state index in [-0.39, 0.29) is 21.6 Å². The van der Waals surface area contributed by atoms with Crippen molar-refractivity contribution in [1.82, 2.24) is 5.32 Å². The molecule has 1 N–H and O–H groups in total. The van der Waals surface area contributed by atoms with Crippen molar-refractivity contribution in [2.75, 3.05) is 21.3 Å². The van der Waals surface area contributed by atoms with E-state index >= 15 is 0 Å². The molecule has 0 aliphatic carbocycles. The highest BCUT2D eigenvalue weighted by Gasteiger charge is 2.51. The molecule has 34 heavy (non-hydrogen) atoms. The fourth-order valence-electron chi connectivity index (χ4n) is 2.18. The molecule has 9 nitrogen and oxygen atoms in total. The smallest absolute Gasteiger partial charge is 0.408 e. The second-order valence-electron chi connectivity index (χ2n) is 11.1. The van der Waals surface area contributed by atoms with Crippen LogP contribution in [0.15, 0.2) is 24.2 Å². The van der Waals surface area contributed by atoms with Gasteiger partial charge in [0.25, 0.3) is 22.2 Å². The van der Waals surface area contributed by atoms with E-state index in [1.807, 2.05) is 47.0 Å². The molecule has 0 aliphatic rings. The first-order valence-corrected chi connectivity index (χ1v) is 16.8. The zero-order valence-electron chi connectivity index (χ0n) is 23.1. The Morgan fingerprint density at radius 3 is 1.44 bits per heavy atom. The number of nitrogens with one attached hydrogen (secondary N) is 1. The number of alkyl carbamates (subject to hydrolysis) is 1. The average molecular weight is 518 g/mol. The van der Waals surface area contributed by atoms with Gasteiger partial charge < -0.3 is 23.1 Å². The first-order chi connectivity index (χ1) is 15.1. The van der Waals surface area contributed by atoms with Crippen molar-refractivity contribution >= 4 is 34.7 Å². The van der Waals surface area contributed by atoms with Crippen molar-refractivity contribution in [2.45, 2.75) is 83.3 Å². The highest BCUT2D eigenvalue weighted by atomic mass is 28.4. The number of hydrogen-bond donors (Lipinski definition) is 1. The van der Waals surface area contributed by atoms with Gasteiger partial charge in [-0.2, -0.15) is 0 Å². The summed E-state index contributed by atoms with van der Waals surface area (Å²) >= 11 is 0. The monoisotopic (exact) mass is 517 g/mol. The molecule has 0 saturated heterocycles. The van der Waals surface area contributed by atoms with Crippen molar-refractivity contribution < 1.29 is 37.4 Å². The van der Waals surface area contributed by atoms with Crippen molar-refractivity contribution in [3.05, 3.63) is 24.2 Å². The Bertz CT molecular complexity index is 804. The summed E-state index contributed by atoms with van der Waals surface area (Å²) in [7, 11) is -1.65. The van der Waals surface area contributed by atoms with Crippen LogP contribution >= 0.6 is 0 Å². The zero-order valence-corrected chi connectivity index (χ0v) is 25.1. The van der Waals surface area contributed by atoms with Gasteiger partial charge in [-0.15, -0.1) is 0 Å². The molecule has 0 fully saturated rings. The Labute approximate surface area is 206 Å². The van der Waals surface area contributed by atoms with Gasteiger partial charge in [0.15, 0.2) is 0 Å². The molecule has 0 atom stereocenters. The second-order valence-corrected chi connectivity index (χ2v) is 20.5. The zero-order chi connectivity index (χ0) is 27.3. The molecule has 0 aromatic heterocycles. The molecule has 0 bridgehead atoms. The van der Waals surface area contributed by atoms with Crippen LogP contribution in [0.5, 0.6) is 0 Å². The minimum Gasteiger partial charge on any atom is -0.541 e. The van der Waals surface area contributed by atoms with E-state index < -0.39 is 40.2 Å². The van der Waals surface area contributed by atoms with Gasteiger partial charge in [-0.1, -0.05) is 48.1 Å². The Kier molecular flexibility index (Phi) is 10.2. The first-order valence-electron chi connectivity index (χ1n) is 10.9. The predicted molar refractivity (Wildman–Crippen MR) is 136 cm³/mol. The number of carbonyl (C=O) groups is 3. The molecule has 0 aliphatic heterocycles. The lowest BCUT2D eigenvalue weighted by molar-refractivity contribution is -0.160. The summed E-state index contributed by atoms with van der Waals surface area (Å²) in [4.78, 5) is 38.0. The molecule has 0 heterocycles. The highest BCUT2D eigenvalue weighted by molar-refractivity contribution is 6.75. The van der Waals surface area contributed by atoms with Crippen LogP contribution in [0.2, 0.25) is 36.3 Å². The molecule has 0 spiro atoms. The summed E-state index contributed by atoms with van der Waals surface area (Å²) in [5.74, 6) is -2.01. The number of esters is 2. The van der Waals surface area contributed by atoms with Gasteiger partial charge in [-0.25, -0.2) is 14.4 Å². The van der Waals surface area contributed by atoms with Crippen molar-refractivity contribution in [2.24, 2.45) is 0 Å². The van der Waals surface area contributed by atoms with Gasteiger partial charge in [0, 0.05) is 6.08 Å². The van der Waals surface area contributed by atoms with Gasteiger partial charge in [-0.05, 0) is 36.3 Å². The Morgan fingerprint density at radius 1 is 0.735 bits per heavy atom. The third kappa shape index (κ3) is 7.36. The largest absolute Gasteiger partial charge is 0.541 e. The van der Waals surface area contributed by atoms with Gasteiger partial charge in [0.2, 0.25) is 0 Å². The van der Waals surface area contributed by atoms with E-state index in [2.05, 4.69) is 37.4 Å². The van der Waals surface area contributed by atoms with Gasteiger partial charge >= 0.3 is 18.0 Å². The van der Waals surface area contributed by atoms with Crippen LogP contribution in [0.25, 0.3) is 0 Å². The third-order valence-electron chi connectivity index (χ3n) is 6.48. The average Bonchev–Trinajstić information content (AvgIpc) is 2.68. The fraction of sp³-hybridized carbons (Fsp3) is 0.696. The Hall–Kier alpha value is -2.28. The van der Waals surface area contributed by atoms with E-state index in [4.69, 9.17) is 18.3 Å². The molecule has 196 valence electrons. The standard InChI is InChI=1S/C23H43NO8Si2/c1-16(31-33(11,12)21(2,3)4)17(32-34(13,14)22(5,6)7)15-23(18(25)28-8,19(26)29-9)24-20(27)30-10/h15H,1H2,2-14H3,(H,24,27)/b17-15+. The summed E-state index contributed by atoms with van der Waals surface area (Å²) in [6, 6.07) is 0. The molecule has 0 radical (unpaired) electrons. The maximum Gasteiger partial charge on any atom is 0.408 e. The maximum atomic E-state index is 12.9.